The Morgan fingerprint density at radius 2 is 2.44 bits per heavy atom. The molecule has 0 spiro atoms. The fourth-order valence-electron chi connectivity index (χ4n) is 2.52. The molecule has 1 saturated heterocycles. The molecule has 3 nitrogen and oxygen atoms in total. The maximum atomic E-state index is 4.41. The van der Waals surface area contributed by atoms with Gasteiger partial charge >= 0.3 is 0 Å². The van der Waals surface area contributed by atoms with Gasteiger partial charge in [0.1, 0.15) is 5.82 Å². The number of hydrogen-bond donors (Lipinski definition) is 1. The molecule has 1 unspecified atom stereocenters. The van der Waals surface area contributed by atoms with E-state index in [4.69, 9.17) is 0 Å². The zero-order valence-corrected chi connectivity index (χ0v) is 10.4. The molecule has 2 rings (SSSR count). The number of hydrogen-bond acceptors (Lipinski definition) is 2. The smallest absolute Gasteiger partial charge is 0.111 e. The number of aryl methyl sites for hydroxylation is 1. The Balaban J connectivity index is 1.78. The van der Waals surface area contributed by atoms with Gasteiger partial charge in [-0.25, -0.2) is 4.98 Å². The topological polar surface area (TPSA) is 29.9 Å². The van der Waals surface area contributed by atoms with Crippen molar-refractivity contribution in [3.63, 3.8) is 0 Å². The van der Waals surface area contributed by atoms with Gasteiger partial charge < -0.3 is 9.88 Å². The molecule has 1 aliphatic rings. The van der Waals surface area contributed by atoms with Crippen molar-refractivity contribution in [2.75, 3.05) is 6.54 Å². The molecule has 1 aromatic rings. The molecule has 0 saturated carbocycles. The van der Waals surface area contributed by atoms with E-state index in [0.717, 1.165) is 12.6 Å². The van der Waals surface area contributed by atoms with Crippen molar-refractivity contribution in [3.8, 4) is 0 Å². The molecular formula is C13H23N3. The Hall–Kier alpha value is -0.830. The Bertz CT molecular complexity index is 311. The first kappa shape index (κ1) is 11.6. The van der Waals surface area contributed by atoms with Crippen LogP contribution in [0.1, 0.15) is 51.3 Å². The van der Waals surface area contributed by atoms with E-state index in [9.17, 15) is 0 Å². The van der Waals surface area contributed by atoms with Crippen LogP contribution in [0.5, 0.6) is 0 Å². The van der Waals surface area contributed by atoms with Gasteiger partial charge in [-0.2, -0.15) is 0 Å². The van der Waals surface area contributed by atoms with Gasteiger partial charge in [0.2, 0.25) is 0 Å². The summed E-state index contributed by atoms with van der Waals surface area (Å²) in [5, 5.41) is 3.55. The van der Waals surface area contributed by atoms with E-state index in [1.807, 2.05) is 6.20 Å². The van der Waals surface area contributed by atoms with Crippen LogP contribution in [-0.2, 0) is 6.54 Å². The Labute approximate surface area is 98.3 Å². The minimum absolute atomic E-state index is 0.527. The van der Waals surface area contributed by atoms with E-state index in [1.165, 1.54) is 38.1 Å². The van der Waals surface area contributed by atoms with Crippen LogP contribution in [-0.4, -0.2) is 22.1 Å². The number of aromatic nitrogens is 2. The summed E-state index contributed by atoms with van der Waals surface area (Å²) >= 11 is 0. The predicted octanol–water partition coefficient (Wildman–Crippen LogP) is 2.54. The van der Waals surface area contributed by atoms with Crippen molar-refractivity contribution in [3.05, 3.63) is 18.2 Å². The summed E-state index contributed by atoms with van der Waals surface area (Å²) in [7, 11) is 0. The summed E-state index contributed by atoms with van der Waals surface area (Å²) in [4.78, 5) is 4.41. The lowest BCUT2D eigenvalue weighted by Crippen LogP contribution is -2.21. The minimum Gasteiger partial charge on any atom is -0.335 e. The van der Waals surface area contributed by atoms with Crippen LogP contribution in [0.25, 0.3) is 0 Å². The first-order valence-corrected chi connectivity index (χ1v) is 6.52. The molecule has 1 fully saturated rings. The number of imidazole rings is 1. The summed E-state index contributed by atoms with van der Waals surface area (Å²) in [6.45, 7) is 6.74. The van der Waals surface area contributed by atoms with Crippen molar-refractivity contribution in [2.24, 2.45) is 0 Å². The van der Waals surface area contributed by atoms with Crippen molar-refractivity contribution in [1.29, 1.82) is 0 Å². The quantitative estimate of drug-likeness (QED) is 0.828. The molecule has 1 N–H and O–H groups in total. The average molecular weight is 221 g/mol. The maximum absolute atomic E-state index is 4.41. The molecule has 1 aromatic heterocycles. The highest BCUT2D eigenvalue weighted by Gasteiger charge is 2.13. The average Bonchev–Trinajstić information content (AvgIpc) is 2.87. The molecule has 0 aromatic carbocycles. The number of nitrogens with zero attached hydrogens (tertiary/aromatic N) is 2. The normalized spacial score (nSPS) is 20.8. The van der Waals surface area contributed by atoms with E-state index in [2.05, 4.69) is 34.9 Å². The monoisotopic (exact) mass is 221 g/mol. The SMILES string of the molecule is CC(C)c1nccn1CCCC1CCCN1. The standard InChI is InChI=1S/C13H23N3/c1-11(2)13-15-8-10-16(13)9-4-6-12-5-3-7-14-12/h8,10-12,14H,3-7,9H2,1-2H3. The third kappa shape index (κ3) is 2.85. The zero-order valence-electron chi connectivity index (χ0n) is 10.4. The lowest BCUT2D eigenvalue weighted by atomic mass is 10.1. The van der Waals surface area contributed by atoms with Gasteiger partial charge in [-0.05, 0) is 32.2 Å². The van der Waals surface area contributed by atoms with E-state index >= 15 is 0 Å². The van der Waals surface area contributed by atoms with E-state index < -0.39 is 0 Å². The van der Waals surface area contributed by atoms with Crippen molar-refractivity contribution in [1.82, 2.24) is 14.9 Å². The van der Waals surface area contributed by atoms with Crippen LogP contribution in [0.2, 0.25) is 0 Å². The van der Waals surface area contributed by atoms with Crippen molar-refractivity contribution < 1.29 is 0 Å². The Morgan fingerprint density at radius 3 is 3.12 bits per heavy atom. The third-order valence-electron chi connectivity index (χ3n) is 3.38. The summed E-state index contributed by atoms with van der Waals surface area (Å²) in [5.74, 6) is 1.75. The summed E-state index contributed by atoms with van der Waals surface area (Å²) in [6.07, 6.45) is 9.30. The molecule has 2 heterocycles. The number of nitrogens with one attached hydrogen (secondary N) is 1. The molecule has 3 heteroatoms. The van der Waals surface area contributed by atoms with E-state index in [-0.39, 0.29) is 0 Å². The fraction of sp³-hybridized carbons (Fsp3) is 0.769. The highest BCUT2D eigenvalue weighted by atomic mass is 15.1. The minimum atomic E-state index is 0.527. The molecule has 0 aliphatic carbocycles. The molecule has 90 valence electrons. The van der Waals surface area contributed by atoms with Gasteiger partial charge in [0.05, 0.1) is 0 Å². The largest absolute Gasteiger partial charge is 0.335 e. The molecule has 0 bridgehead atoms. The molecule has 0 radical (unpaired) electrons. The Morgan fingerprint density at radius 1 is 1.56 bits per heavy atom. The summed E-state index contributed by atoms with van der Waals surface area (Å²) in [6, 6.07) is 0.769. The third-order valence-corrected chi connectivity index (χ3v) is 3.38. The van der Waals surface area contributed by atoms with Crippen LogP contribution < -0.4 is 5.32 Å². The van der Waals surface area contributed by atoms with Crippen LogP contribution in [0.3, 0.4) is 0 Å². The fourth-order valence-corrected chi connectivity index (χ4v) is 2.52. The van der Waals surface area contributed by atoms with Gasteiger partial charge in [0.25, 0.3) is 0 Å². The summed E-state index contributed by atoms with van der Waals surface area (Å²) in [5.41, 5.74) is 0. The van der Waals surface area contributed by atoms with Gasteiger partial charge in [0, 0.05) is 30.9 Å². The second-order valence-corrected chi connectivity index (χ2v) is 5.07. The molecule has 1 atom stereocenters. The van der Waals surface area contributed by atoms with Crippen LogP contribution in [0, 0.1) is 0 Å². The van der Waals surface area contributed by atoms with Gasteiger partial charge in [-0.1, -0.05) is 13.8 Å². The van der Waals surface area contributed by atoms with E-state index in [1.54, 1.807) is 0 Å². The van der Waals surface area contributed by atoms with Crippen LogP contribution in [0.15, 0.2) is 12.4 Å². The van der Waals surface area contributed by atoms with Gasteiger partial charge in [-0.15, -0.1) is 0 Å². The van der Waals surface area contributed by atoms with E-state index in [0.29, 0.717) is 5.92 Å². The first-order chi connectivity index (χ1) is 7.77. The van der Waals surface area contributed by atoms with Crippen molar-refractivity contribution >= 4 is 0 Å². The molecule has 16 heavy (non-hydrogen) atoms. The maximum Gasteiger partial charge on any atom is 0.111 e. The lowest BCUT2D eigenvalue weighted by Gasteiger charge is -2.12. The van der Waals surface area contributed by atoms with Crippen LogP contribution >= 0.6 is 0 Å². The molecular weight excluding hydrogens is 198 g/mol. The Kier molecular flexibility index (Phi) is 3.99. The van der Waals surface area contributed by atoms with Crippen molar-refractivity contribution in [2.45, 2.75) is 58.0 Å². The number of rotatable bonds is 5. The van der Waals surface area contributed by atoms with Crippen LogP contribution in [0.4, 0.5) is 0 Å². The second kappa shape index (κ2) is 5.48. The summed E-state index contributed by atoms with van der Waals surface area (Å²) < 4.78 is 2.31. The van der Waals surface area contributed by atoms with Gasteiger partial charge in [0.15, 0.2) is 0 Å². The highest BCUT2D eigenvalue weighted by Crippen LogP contribution is 2.15. The molecule has 1 aliphatic heterocycles. The zero-order chi connectivity index (χ0) is 11.4. The molecule has 0 amide bonds. The first-order valence-electron chi connectivity index (χ1n) is 6.52. The highest BCUT2D eigenvalue weighted by molar-refractivity contribution is 4.97. The lowest BCUT2D eigenvalue weighted by molar-refractivity contribution is 0.492. The van der Waals surface area contributed by atoms with Gasteiger partial charge in [-0.3, -0.25) is 0 Å². The predicted molar refractivity (Wildman–Crippen MR) is 66.6 cm³/mol. The second-order valence-electron chi connectivity index (χ2n) is 5.07.